The minimum absolute atomic E-state index is 0.331. The highest BCUT2D eigenvalue weighted by Crippen LogP contribution is 2.21. The second kappa shape index (κ2) is 7.13. The quantitative estimate of drug-likeness (QED) is 0.718. The molecule has 0 spiro atoms. The van der Waals surface area contributed by atoms with E-state index in [0.29, 0.717) is 11.4 Å². The van der Waals surface area contributed by atoms with Crippen LogP contribution in [0.4, 0.5) is 21.6 Å². The van der Waals surface area contributed by atoms with E-state index in [1.54, 1.807) is 12.3 Å². The van der Waals surface area contributed by atoms with E-state index >= 15 is 0 Å². The van der Waals surface area contributed by atoms with Crippen LogP contribution in [0.25, 0.3) is 0 Å². The summed E-state index contributed by atoms with van der Waals surface area (Å²) in [6.07, 6.45) is 1.65. The van der Waals surface area contributed by atoms with E-state index in [-0.39, 0.29) is 11.7 Å². The molecule has 2 aromatic carbocycles. The van der Waals surface area contributed by atoms with Gasteiger partial charge in [-0.3, -0.25) is 4.79 Å². The Morgan fingerprint density at radius 3 is 2.40 bits per heavy atom. The zero-order valence-corrected chi connectivity index (χ0v) is 14.0. The van der Waals surface area contributed by atoms with Crippen molar-refractivity contribution in [3.63, 3.8) is 0 Å². The molecule has 3 aromatic rings. The van der Waals surface area contributed by atoms with Gasteiger partial charge >= 0.3 is 0 Å². The van der Waals surface area contributed by atoms with Crippen molar-refractivity contribution in [3.05, 3.63) is 83.3 Å². The molecule has 1 amide bonds. The van der Waals surface area contributed by atoms with Crippen LogP contribution in [-0.4, -0.2) is 10.9 Å². The molecule has 0 bridgehead atoms. The van der Waals surface area contributed by atoms with Crippen LogP contribution in [0, 0.1) is 19.7 Å². The molecule has 0 aliphatic heterocycles. The first kappa shape index (κ1) is 16.6. The number of aryl methyl sites for hydroxylation is 2. The standard InChI is InChI=1S/C20H18FN3O/c1-13-3-9-18(14(2)11-13)23-17-8-10-19(22-12-17)24-20(25)15-4-6-16(21)7-5-15/h3-12,23H,1-2H3,(H,22,24,25). The fourth-order valence-electron chi connectivity index (χ4n) is 2.44. The SMILES string of the molecule is Cc1ccc(Nc2ccc(NC(=O)c3ccc(F)cc3)nc2)c(C)c1. The number of hydrogen-bond acceptors (Lipinski definition) is 3. The maximum Gasteiger partial charge on any atom is 0.256 e. The number of nitrogens with zero attached hydrogens (tertiary/aromatic N) is 1. The number of benzene rings is 2. The Labute approximate surface area is 145 Å². The summed E-state index contributed by atoms with van der Waals surface area (Å²) in [4.78, 5) is 16.3. The van der Waals surface area contributed by atoms with Gasteiger partial charge in [-0.25, -0.2) is 9.37 Å². The van der Waals surface area contributed by atoms with Crippen molar-refractivity contribution >= 4 is 23.1 Å². The second-order valence-corrected chi connectivity index (χ2v) is 5.84. The van der Waals surface area contributed by atoms with Crippen molar-refractivity contribution in [2.24, 2.45) is 0 Å². The summed E-state index contributed by atoms with van der Waals surface area (Å²) in [6, 6.07) is 15.1. The molecule has 1 heterocycles. The van der Waals surface area contributed by atoms with Gasteiger partial charge in [0.25, 0.3) is 5.91 Å². The van der Waals surface area contributed by atoms with Crippen LogP contribution < -0.4 is 10.6 Å². The minimum Gasteiger partial charge on any atom is -0.354 e. The highest BCUT2D eigenvalue weighted by molar-refractivity contribution is 6.03. The van der Waals surface area contributed by atoms with E-state index in [0.717, 1.165) is 16.9 Å². The first-order chi connectivity index (χ1) is 12.0. The summed E-state index contributed by atoms with van der Waals surface area (Å²) in [5, 5.41) is 5.99. The number of pyridine rings is 1. The smallest absolute Gasteiger partial charge is 0.256 e. The Morgan fingerprint density at radius 2 is 1.76 bits per heavy atom. The lowest BCUT2D eigenvalue weighted by Gasteiger charge is -2.11. The molecule has 4 nitrogen and oxygen atoms in total. The lowest BCUT2D eigenvalue weighted by Crippen LogP contribution is -2.12. The molecule has 25 heavy (non-hydrogen) atoms. The average molecular weight is 335 g/mol. The van der Waals surface area contributed by atoms with E-state index in [9.17, 15) is 9.18 Å². The van der Waals surface area contributed by atoms with Crippen LogP contribution in [0.1, 0.15) is 21.5 Å². The summed E-state index contributed by atoms with van der Waals surface area (Å²) in [5.74, 6) is -0.278. The van der Waals surface area contributed by atoms with Gasteiger partial charge in [0, 0.05) is 11.3 Å². The monoisotopic (exact) mass is 335 g/mol. The minimum atomic E-state index is -0.378. The number of amides is 1. The van der Waals surface area contributed by atoms with Crippen LogP contribution in [0.5, 0.6) is 0 Å². The Hall–Kier alpha value is -3.21. The first-order valence-electron chi connectivity index (χ1n) is 7.88. The van der Waals surface area contributed by atoms with Gasteiger partial charge in [-0.2, -0.15) is 0 Å². The molecule has 5 heteroatoms. The van der Waals surface area contributed by atoms with Gasteiger partial charge in [0.1, 0.15) is 11.6 Å². The van der Waals surface area contributed by atoms with E-state index in [2.05, 4.69) is 28.6 Å². The first-order valence-corrected chi connectivity index (χ1v) is 7.88. The van der Waals surface area contributed by atoms with Crippen LogP contribution in [0.3, 0.4) is 0 Å². The van der Waals surface area contributed by atoms with Gasteiger partial charge in [-0.05, 0) is 61.9 Å². The maximum atomic E-state index is 12.9. The number of carbonyl (C=O) groups is 1. The lowest BCUT2D eigenvalue weighted by molar-refractivity contribution is 0.102. The number of nitrogens with one attached hydrogen (secondary N) is 2. The summed E-state index contributed by atoms with van der Waals surface area (Å²) < 4.78 is 12.9. The molecule has 3 rings (SSSR count). The molecule has 0 radical (unpaired) electrons. The normalized spacial score (nSPS) is 10.4. The Balaban J connectivity index is 1.67. The number of carbonyl (C=O) groups excluding carboxylic acids is 1. The molecule has 0 saturated heterocycles. The summed E-state index contributed by atoms with van der Waals surface area (Å²) >= 11 is 0. The molecule has 126 valence electrons. The van der Waals surface area contributed by atoms with Crippen molar-refractivity contribution < 1.29 is 9.18 Å². The maximum absolute atomic E-state index is 12.9. The molecule has 2 N–H and O–H groups in total. The van der Waals surface area contributed by atoms with Gasteiger partial charge in [0.2, 0.25) is 0 Å². The molecule has 0 aliphatic carbocycles. The van der Waals surface area contributed by atoms with Crippen LogP contribution in [0.15, 0.2) is 60.8 Å². The molecular formula is C20H18FN3O. The van der Waals surface area contributed by atoms with Gasteiger partial charge in [0.15, 0.2) is 0 Å². The van der Waals surface area contributed by atoms with E-state index in [4.69, 9.17) is 0 Å². The lowest BCUT2D eigenvalue weighted by atomic mass is 10.1. The molecular weight excluding hydrogens is 317 g/mol. The van der Waals surface area contributed by atoms with E-state index in [1.165, 1.54) is 29.8 Å². The zero-order chi connectivity index (χ0) is 17.8. The molecule has 0 unspecified atom stereocenters. The largest absolute Gasteiger partial charge is 0.354 e. The van der Waals surface area contributed by atoms with Crippen LogP contribution >= 0.6 is 0 Å². The third kappa shape index (κ3) is 4.20. The number of hydrogen-bond donors (Lipinski definition) is 2. The number of anilines is 3. The number of halogens is 1. The Bertz CT molecular complexity index is 890. The van der Waals surface area contributed by atoms with Crippen molar-refractivity contribution in [2.45, 2.75) is 13.8 Å². The summed E-state index contributed by atoms with van der Waals surface area (Å²) in [6.45, 7) is 4.09. The van der Waals surface area contributed by atoms with Gasteiger partial charge in [-0.1, -0.05) is 17.7 Å². The highest BCUT2D eigenvalue weighted by atomic mass is 19.1. The Kier molecular flexibility index (Phi) is 4.75. The molecule has 0 saturated carbocycles. The average Bonchev–Trinajstić information content (AvgIpc) is 2.59. The number of rotatable bonds is 4. The third-order valence-corrected chi connectivity index (χ3v) is 3.77. The van der Waals surface area contributed by atoms with Crippen molar-refractivity contribution in [1.82, 2.24) is 4.98 Å². The third-order valence-electron chi connectivity index (χ3n) is 3.77. The Morgan fingerprint density at radius 1 is 1.00 bits per heavy atom. The molecule has 0 atom stereocenters. The van der Waals surface area contributed by atoms with Gasteiger partial charge < -0.3 is 10.6 Å². The summed E-state index contributed by atoms with van der Waals surface area (Å²) in [7, 11) is 0. The van der Waals surface area contributed by atoms with Crippen LogP contribution in [0.2, 0.25) is 0 Å². The molecule has 0 aliphatic rings. The molecule has 1 aromatic heterocycles. The van der Waals surface area contributed by atoms with Crippen molar-refractivity contribution in [1.29, 1.82) is 0 Å². The summed E-state index contributed by atoms with van der Waals surface area (Å²) in [5.41, 5.74) is 4.57. The van der Waals surface area contributed by atoms with Crippen molar-refractivity contribution in [2.75, 3.05) is 10.6 Å². The predicted octanol–water partition coefficient (Wildman–Crippen LogP) is 4.83. The van der Waals surface area contributed by atoms with E-state index < -0.39 is 0 Å². The topological polar surface area (TPSA) is 54.0 Å². The number of aromatic nitrogens is 1. The fraction of sp³-hybridized carbons (Fsp3) is 0.100. The second-order valence-electron chi connectivity index (χ2n) is 5.84. The van der Waals surface area contributed by atoms with Gasteiger partial charge in [-0.15, -0.1) is 0 Å². The fourth-order valence-corrected chi connectivity index (χ4v) is 2.44. The van der Waals surface area contributed by atoms with Gasteiger partial charge in [0.05, 0.1) is 11.9 Å². The molecule has 0 fully saturated rings. The van der Waals surface area contributed by atoms with Crippen LogP contribution in [-0.2, 0) is 0 Å². The predicted molar refractivity (Wildman–Crippen MR) is 97.8 cm³/mol. The zero-order valence-electron chi connectivity index (χ0n) is 14.0. The highest BCUT2D eigenvalue weighted by Gasteiger charge is 2.07. The van der Waals surface area contributed by atoms with E-state index in [1.807, 2.05) is 25.1 Å². The van der Waals surface area contributed by atoms with Crippen molar-refractivity contribution in [3.8, 4) is 0 Å².